The van der Waals surface area contributed by atoms with Gasteiger partial charge in [-0.1, -0.05) is 140 Å². The quantitative estimate of drug-likeness (QED) is 0.129. The SMILES string of the molecule is c1ccc(N(c2ccccc2)c2cc3c4c(c2)Oc2c(ccc5c6c7c(ccc6c6c8c(ccc6c25)B2c5ccccc5Oc5cccc(c52)O8)B2c5ccccc5Oc5cccc(c52)O7)B4c2ccccc2O3)cc1. The summed E-state index contributed by atoms with van der Waals surface area (Å²) in [4.78, 5) is 2.27. The minimum Gasteiger partial charge on any atom is -0.458 e. The number of benzene rings is 12. The van der Waals surface area contributed by atoms with E-state index in [1.165, 1.54) is 0 Å². The molecule has 0 fully saturated rings. The van der Waals surface area contributed by atoms with E-state index in [2.05, 4.69) is 175 Å². The molecule has 0 aliphatic carbocycles. The number of para-hydroxylation sites is 5. The third kappa shape index (κ3) is 5.39. The maximum Gasteiger partial charge on any atom is 0.260 e. The summed E-state index contributed by atoms with van der Waals surface area (Å²) in [5, 5.41) is 6.01. The summed E-state index contributed by atoms with van der Waals surface area (Å²) in [6, 6.07) is 76.6. The minimum absolute atomic E-state index is 0.131. The first-order valence-electron chi connectivity index (χ1n) is 25.9. The van der Waals surface area contributed by atoms with Crippen molar-refractivity contribution in [2.45, 2.75) is 0 Å². The minimum atomic E-state index is -0.201. The third-order valence-electron chi connectivity index (χ3n) is 16.6. The van der Waals surface area contributed by atoms with E-state index < -0.39 is 0 Å². The van der Waals surface area contributed by atoms with Gasteiger partial charge in [-0.2, -0.15) is 0 Å². The van der Waals surface area contributed by atoms with Crippen LogP contribution in [0.3, 0.4) is 0 Å². The molecule has 6 heterocycles. The molecule has 12 aromatic carbocycles. The molecule has 0 bridgehead atoms. The van der Waals surface area contributed by atoms with Gasteiger partial charge < -0.3 is 33.3 Å². The van der Waals surface area contributed by atoms with Gasteiger partial charge in [0.25, 0.3) is 20.1 Å². The van der Waals surface area contributed by atoms with E-state index in [1.54, 1.807) is 0 Å². The lowest BCUT2D eigenvalue weighted by molar-refractivity contribution is 0.467. The van der Waals surface area contributed by atoms with E-state index in [4.69, 9.17) is 28.4 Å². The van der Waals surface area contributed by atoms with Crippen LogP contribution in [0.2, 0.25) is 0 Å². The summed E-state index contributed by atoms with van der Waals surface area (Å²) >= 11 is 0. The zero-order chi connectivity index (χ0) is 49.3. The molecule has 18 rings (SSSR count). The van der Waals surface area contributed by atoms with Crippen molar-refractivity contribution in [1.29, 1.82) is 0 Å². The molecule has 7 nitrogen and oxygen atoms in total. The highest BCUT2D eigenvalue weighted by molar-refractivity contribution is 7.00. The number of hydrogen-bond donors (Lipinski definition) is 0. The standard InChI is InChI=1S/C66H36B3NO6/c1-3-15-37(16-4-1)70(38-17-5-2-6-18-38)39-35-56-63-57(36-39)76-66-48(69(63)45-21-9-12-24-51(45)73-56)34-31-42-59-40(29-32-46-64(59)74-54-27-13-25-52-61(54)67(46)43-19-7-10-22-49(43)71-52)58-41(60(42)66)30-33-47-65(58)75-55-28-14-26-53-62(55)68(47)44-20-8-11-23-50(44)72-53/h1-36H. The second kappa shape index (κ2) is 14.9. The normalized spacial score (nSPS) is 13.8. The molecule has 0 spiro atoms. The molecule has 6 aliphatic rings. The van der Waals surface area contributed by atoms with Gasteiger partial charge in [0.2, 0.25) is 0 Å². The summed E-state index contributed by atoms with van der Waals surface area (Å²) in [6.45, 7) is -0.463. The highest BCUT2D eigenvalue weighted by Crippen LogP contribution is 2.51. The van der Waals surface area contributed by atoms with Gasteiger partial charge in [-0.25, -0.2) is 0 Å². The van der Waals surface area contributed by atoms with Crippen molar-refractivity contribution in [3.05, 3.63) is 218 Å². The van der Waals surface area contributed by atoms with Gasteiger partial charge in [0.1, 0.15) is 69.0 Å². The van der Waals surface area contributed by atoms with Gasteiger partial charge in [0.15, 0.2) is 0 Å². The third-order valence-corrected chi connectivity index (χ3v) is 16.6. The largest absolute Gasteiger partial charge is 0.458 e. The molecule has 0 N–H and O–H groups in total. The zero-order valence-corrected chi connectivity index (χ0v) is 40.4. The summed E-state index contributed by atoms with van der Waals surface area (Å²) in [5.74, 6) is 9.58. The number of fused-ring (bicyclic) bond motifs is 21. The van der Waals surface area contributed by atoms with E-state index in [9.17, 15) is 0 Å². The van der Waals surface area contributed by atoms with Crippen molar-refractivity contribution in [2.75, 3.05) is 4.90 Å². The Hall–Kier alpha value is -9.79. The molecule has 12 aromatic rings. The molecule has 0 unspecified atom stereocenters. The van der Waals surface area contributed by atoms with Crippen LogP contribution < -0.4 is 82.5 Å². The van der Waals surface area contributed by atoms with Crippen molar-refractivity contribution in [3.63, 3.8) is 0 Å². The summed E-state index contributed by atoms with van der Waals surface area (Å²) in [7, 11) is 0. The van der Waals surface area contributed by atoms with Crippen LogP contribution in [-0.2, 0) is 0 Å². The molecular weight excluding hydrogens is 935 g/mol. The predicted octanol–water partition coefficient (Wildman–Crippen LogP) is 10.8. The van der Waals surface area contributed by atoms with Gasteiger partial charge in [0, 0.05) is 56.1 Å². The van der Waals surface area contributed by atoms with Gasteiger partial charge >= 0.3 is 0 Å². The van der Waals surface area contributed by atoms with E-state index in [0.29, 0.717) is 0 Å². The number of anilines is 3. The van der Waals surface area contributed by atoms with Crippen molar-refractivity contribution in [2.24, 2.45) is 0 Å². The van der Waals surface area contributed by atoms with Gasteiger partial charge in [-0.05, 0) is 116 Å². The second-order valence-corrected chi connectivity index (χ2v) is 20.4. The Morgan fingerprint density at radius 3 is 0.974 bits per heavy atom. The molecule has 6 aliphatic heterocycles. The van der Waals surface area contributed by atoms with Gasteiger partial charge in [-0.15, -0.1) is 0 Å². The second-order valence-electron chi connectivity index (χ2n) is 20.4. The van der Waals surface area contributed by atoms with E-state index >= 15 is 0 Å². The summed E-state index contributed by atoms with van der Waals surface area (Å²) in [6.07, 6.45) is 0. The van der Waals surface area contributed by atoms with Crippen LogP contribution in [0.5, 0.6) is 69.0 Å². The van der Waals surface area contributed by atoms with Gasteiger partial charge in [0.05, 0.1) is 5.69 Å². The molecule has 0 amide bonds. The van der Waals surface area contributed by atoms with E-state index in [0.717, 1.165) is 168 Å². The van der Waals surface area contributed by atoms with E-state index in [1.807, 2.05) is 48.5 Å². The average Bonchev–Trinajstić information content (AvgIpc) is 3.51. The van der Waals surface area contributed by atoms with Crippen LogP contribution in [-0.4, -0.2) is 20.1 Å². The maximum atomic E-state index is 7.68. The Balaban J connectivity index is 0.961. The lowest BCUT2D eigenvalue weighted by atomic mass is 9.34. The summed E-state index contributed by atoms with van der Waals surface area (Å²) < 4.78 is 42.6. The average molecular weight is 971 g/mol. The van der Waals surface area contributed by atoms with Crippen LogP contribution in [0.25, 0.3) is 32.3 Å². The fourth-order valence-corrected chi connectivity index (χ4v) is 13.5. The first-order chi connectivity index (χ1) is 37.7. The molecule has 350 valence electrons. The summed E-state index contributed by atoms with van der Waals surface area (Å²) in [5.41, 5.74) is 12.5. The molecule has 0 atom stereocenters. The number of rotatable bonds is 3. The molecule has 0 aromatic heterocycles. The molecule has 10 heteroatoms. The van der Waals surface area contributed by atoms with Crippen molar-refractivity contribution in [1.82, 2.24) is 0 Å². The Labute approximate surface area is 437 Å². The Kier molecular flexibility index (Phi) is 7.99. The molecule has 0 radical (unpaired) electrons. The lowest BCUT2D eigenvalue weighted by Crippen LogP contribution is -2.57. The maximum absolute atomic E-state index is 7.68. The number of ether oxygens (including phenoxy) is 6. The predicted molar refractivity (Wildman–Crippen MR) is 307 cm³/mol. The van der Waals surface area contributed by atoms with E-state index in [-0.39, 0.29) is 20.1 Å². The smallest absolute Gasteiger partial charge is 0.260 e. The monoisotopic (exact) mass is 971 g/mol. The number of hydrogen-bond acceptors (Lipinski definition) is 7. The highest BCUT2D eigenvalue weighted by Gasteiger charge is 2.46. The first-order valence-corrected chi connectivity index (χ1v) is 25.9. The molecule has 0 saturated carbocycles. The van der Waals surface area contributed by atoms with Crippen molar-refractivity contribution < 1.29 is 28.4 Å². The topological polar surface area (TPSA) is 58.6 Å². The van der Waals surface area contributed by atoms with Crippen LogP contribution in [0, 0.1) is 0 Å². The van der Waals surface area contributed by atoms with Crippen molar-refractivity contribution in [3.8, 4) is 69.0 Å². The van der Waals surface area contributed by atoms with Crippen LogP contribution in [0.15, 0.2) is 218 Å². The zero-order valence-electron chi connectivity index (χ0n) is 40.4. The Morgan fingerprint density at radius 2 is 0.553 bits per heavy atom. The van der Waals surface area contributed by atoms with Crippen LogP contribution >= 0.6 is 0 Å². The van der Waals surface area contributed by atoms with Crippen LogP contribution in [0.4, 0.5) is 17.1 Å². The lowest BCUT2D eigenvalue weighted by Gasteiger charge is -2.36. The highest BCUT2D eigenvalue weighted by atomic mass is 16.5. The van der Waals surface area contributed by atoms with Crippen molar-refractivity contribution >= 4 is 119 Å². The Bertz CT molecular complexity index is 4390. The first kappa shape index (κ1) is 40.7. The van der Waals surface area contributed by atoms with Gasteiger partial charge in [-0.3, -0.25) is 0 Å². The number of nitrogens with zero attached hydrogens (tertiary/aromatic N) is 1. The molecule has 0 saturated heterocycles. The Morgan fingerprint density at radius 1 is 0.237 bits per heavy atom. The van der Waals surface area contributed by atoms with Crippen LogP contribution in [0.1, 0.15) is 0 Å². The molecule has 76 heavy (non-hydrogen) atoms. The fourth-order valence-electron chi connectivity index (χ4n) is 13.5. The molecular formula is C66H36B3NO6. The fraction of sp³-hybridized carbons (Fsp3) is 0.